The Labute approximate surface area is 191 Å². The molecule has 0 bridgehead atoms. The molecule has 0 unspecified atom stereocenters. The van der Waals surface area contributed by atoms with Crippen molar-refractivity contribution in [1.29, 1.82) is 0 Å². The van der Waals surface area contributed by atoms with Gasteiger partial charge in [-0.3, -0.25) is 0 Å². The third-order valence-electron chi connectivity index (χ3n) is 6.29. The lowest BCUT2D eigenvalue weighted by molar-refractivity contribution is 0.00578. The predicted molar refractivity (Wildman–Crippen MR) is 132 cm³/mol. The molecule has 32 heavy (non-hydrogen) atoms. The fraction of sp³-hybridized carbons (Fsp3) is 0.259. The molecular formula is C27H29BN2O2. The molecule has 2 aromatic carbocycles. The minimum atomic E-state index is -0.434. The zero-order valence-electron chi connectivity index (χ0n) is 19.4. The van der Waals surface area contributed by atoms with Gasteiger partial charge in [-0.25, -0.2) is 9.97 Å². The van der Waals surface area contributed by atoms with Crippen LogP contribution in [-0.4, -0.2) is 28.3 Å². The number of aromatic nitrogens is 2. The first-order valence-corrected chi connectivity index (χ1v) is 10.9. The summed E-state index contributed by atoms with van der Waals surface area (Å²) >= 11 is 0. The first-order chi connectivity index (χ1) is 15.2. The minimum Gasteiger partial charge on any atom is -0.399 e. The van der Waals surface area contributed by atoms with E-state index >= 15 is 0 Å². The highest BCUT2D eigenvalue weighted by Gasteiger charge is 2.51. The second kappa shape index (κ2) is 8.49. The highest BCUT2D eigenvalue weighted by molar-refractivity contribution is 6.62. The molecule has 3 aromatic rings. The van der Waals surface area contributed by atoms with Gasteiger partial charge in [0.2, 0.25) is 0 Å². The maximum absolute atomic E-state index is 6.25. The molecule has 1 aliphatic heterocycles. The summed E-state index contributed by atoms with van der Waals surface area (Å²) in [5.74, 6) is 0.654. The van der Waals surface area contributed by atoms with Crippen molar-refractivity contribution >= 4 is 18.2 Å². The molecule has 0 N–H and O–H groups in total. The summed E-state index contributed by atoms with van der Waals surface area (Å²) in [4.78, 5) is 9.76. The van der Waals surface area contributed by atoms with Gasteiger partial charge in [0, 0.05) is 11.1 Å². The van der Waals surface area contributed by atoms with Crippen LogP contribution in [0.15, 0.2) is 79.4 Å². The molecule has 0 spiro atoms. The SMILES string of the molecule is C=CC(=CC)c1cc(-c2ccccc2)nc(-c2cccc(B3OC(C)(C)C(C)(C)O3)c2)n1. The quantitative estimate of drug-likeness (QED) is 0.389. The Morgan fingerprint density at radius 3 is 2.16 bits per heavy atom. The molecular weight excluding hydrogens is 395 g/mol. The molecule has 162 valence electrons. The Kier molecular flexibility index (Phi) is 5.89. The van der Waals surface area contributed by atoms with Crippen LogP contribution >= 0.6 is 0 Å². The van der Waals surface area contributed by atoms with Crippen LogP contribution in [0.1, 0.15) is 40.3 Å². The summed E-state index contributed by atoms with van der Waals surface area (Å²) in [5.41, 5.74) is 4.79. The molecule has 5 heteroatoms. The monoisotopic (exact) mass is 424 g/mol. The summed E-state index contributed by atoms with van der Waals surface area (Å²) in [6, 6.07) is 20.2. The van der Waals surface area contributed by atoms with Gasteiger partial charge in [-0.05, 0) is 51.7 Å². The Morgan fingerprint density at radius 1 is 0.875 bits per heavy atom. The fourth-order valence-electron chi connectivity index (χ4n) is 3.65. The van der Waals surface area contributed by atoms with Crippen molar-refractivity contribution in [2.24, 2.45) is 0 Å². The van der Waals surface area contributed by atoms with Crippen molar-refractivity contribution in [3.8, 4) is 22.6 Å². The van der Waals surface area contributed by atoms with Crippen LogP contribution in [0.5, 0.6) is 0 Å². The third kappa shape index (κ3) is 4.18. The van der Waals surface area contributed by atoms with E-state index in [9.17, 15) is 0 Å². The first-order valence-electron chi connectivity index (χ1n) is 10.9. The number of nitrogens with zero attached hydrogens (tertiary/aromatic N) is 2. The molecule has 2 heterocycles. The summed E-state index contributed by atoms with van der Waals surface area (Å²) in [7, 11) is -0.434. The lowest BCUT2D eigenvalue weighted by Gasteiger charge is -2.32. The Balaban J connectivity index is 1.79. The molecule has 1 fully saturated rings. The zero-order chi connectivity index (χ0) is 22.9. The van der Waals surface area contributed by atoms with Crippen molar-refractivity contribution in [3.05, 3.63) is 85.1 Å². The molecule has 1 aromatic heterocycles. The number of allylic oxidation sites excluding steroid dienone is 3. The molecule has 0 radical (unpaired) electrons. The molecule has 4 rings (SSSR count). The van der Waals surface area contributed by atoms with E-state index in [1.807, 2.05) is 61.5 Å². The standard InChI is InChI=1S/C27H29BN2O2/c1-7-19(8-2)23-18-24(20-13-10-9-11-14-20)30-25(29-23)21-15-12-16-22(17-21)28-31-26(3,4)27(5,6)32-28/h7-18H,1H2,2-6H3. The normalized spacial score (nSPS) is 17.4. The smallest absolute Gasteiger partial charge is 0.399 e. The maximum Gasteiger partial charge on any atom is 0.494 e. The fourth-order valence-corrected chi connectivity index (χ4v) is 3.65. The van der Waals surface area contributed by atoms with Gasteiger partial charge in [-0.2, -0.15) is 0 Å². The van der Waals surface area contributed by atoms with Crippen LogP contribution in [-0.2, 0) is 9.31 Å². The van der Waals surface area contributed by atoms with E-state index in [0.29, 0.717) is 5.82 Å². The second-order valence-corrected chi connectivity index (χ2v) is 8.99. The van der Waals surface area contributed by atoms with Crippen molar-refractivity contribution < 1.29 is 9.31 Å². The molecule has 0 atom stereocenters. The second-order valence-electron chi connectivity index (χ2n) is 8.99. The van der Waals surface area contributed by atoms with E-state index in [4.69, 9.17) is 19.3 Å². The van der Waals surface area contributed by atoms with Gasteiger partial charge < -0.3 is 9.31 Å². The van der Waals surface area contributed by atoms with Crippen molar-refractivity contribution in [3.63, 3.8) is 0 Å². The molecule has 1 aliphatic rings. The van der Waals surface area contributed by atoms with E-state index in [-0.39, 0.29) is 0 Å². The molecule has 4 nitrogen and oxygen atoms in total. The Morgan fingerprint density at radius 2 is 1.53 bits per heavy atom. The van der Waals surface area contributed by atoms with E-state index < -0.39 is 18.3 Å². The van der Waals surface area contributed by atoms with Crippen LogP contribution in [0.25, 0.3) is 28.2 Å². The van der Waals surface area contributed by atoms with Crippen LogP contribution in [0.3, 0.4) is 0 Å². The topological polar surface area (TPSA) is 44.2 Å². The van der Waals surface area contributed by atoms with Crippen molar-refractivity contribution in [2.75, 3.05) is 0 Å². The molecule has 0 amide bonds. The maximum atomic E-state index is 6.25. The van der Waals surface area contributed by atoms with Gasteiger partial charge in [0.15, 0.2) is 5.82 Å². The summed E-state index contributed by atoms with van der Waals surface area (Å²) in [6.07, 6.45) is 3.83. The van der Waals surface area contributed by atoms with Crippen LogP contribution in [0.4, 0.5) is 0 Å². The van der Waals surface area contributed by atoms with Gasteiger partial charge in [-0.1, -0.05) is 73.3 Å². The van der Waals surface area contributed by atoms with Gasteiger partial charge in [0.1, 0.15) is 0 Å². The Hall–Kier alpha value is -3.02. The van der Waals surface area contributed by atoms with Gasteiger partial charge in [-0.15, -0.1) is 0 Å². The number of hydrogen-bond acceptors (Lipinski definition) is 4. The minimum absolute atomic E-state index is 0.394. The summed E-state index contributed by atoms with van der Waals surface area (Å²) < 4.78 is 12.5. The molecule has 0 saturated carbocycles. The van der Waals surface area contributed by atoms with Crippen LogP contribution in [0.2, 0.25) is 0 Å². The lowest BCUT2D eigenvalue weighted by Crippen LogP contribution is -2.41. The average molecular weight is 424 g/mol. The first kappa shape index (κ1) is 22.2. The van der Waals surface area contributed by atoms with Crippen LogP contribution < -0.4 is 5.46 Å². The van der Waals surface area contributed by atoms with Gasteiger partial charge in [0.05, 0.1) is 22.6 Å². The van der Waals surface area contributed by atoms with E-state index in [1.165, 1.54) is 0 Å². The number of rotatable bonds is 5. The van der Waals surface area contributed by atoms with Crippen molar-refractivity contribution in [2.45, 2.75) is 45.8 Å². The number of benzene rings is 2. The van der Waals surface area contributed by atoms with Gasteiger partial charge >= 0.3 is 7.12 Å². The third-order valence-corrected chi connectivity index (χ3v) is 6.29. The molecule has 1 saturated heterocycles. The van der Waals surface area contributed by atoms with Crippen molar-refractivity contribution in [1.82, 2.24) is 9.97 Å². The number of hydrogen-bond donors (Lipinski definition) is 0. The lowest BCUT2D eigenvalue weighted by atomic mass is 9.78. The summed E-state index contributed by atoms with van der Waals surface area (Å²) in [5, 5.41) is 0. The average Bonchev–Trinajstić information content (AvgIpc) is 3.02. The predicted octanol–water partition coefficient (Wildman–Crippen LogP) is 5.70. The summed E-state index contributed by atoms with van der Waals surface area (Å²) in [6.45, 7) is 14.2. The van der Waals surface area contributed by atoms with Crippen LogP contribution in [0, 0.1) is 0 Å². The van der Waals surface area contributed by atoms with Gasteiger partial charge in [0.25, 0.3) is 0 Å². The Bertz CT molecular complexity index is 1150. The highest BCUT2D eigenvalue weighted by Crippen LogP contribution is 2.36. The van der Waals surface area contributed by atoms with E-state index in [2.05, 4.69) is 52.5 Å². The highest BCUT2D eigenvalue weighted by atomic mass is 16.7. The largest absolute Gasteiger partial charge is 0.494 e. The van der Waals surface area contributed by atoms with E-state index in [1.54, 1.807) is 0 Å². The molecule has 0 aliphatic carbocycles. The van der Waals surface area contributed by atoms with E-state index in [0.717, 1.165) is 33.6 Å². The zero-order valence-corrected chi connectivity index (χ0v) is 19.4.